The number of carbonyl (C=O) groups is 2. The number of carboxylic acids is 1. The Morgan fingerprint density at radius 3 is 2.68 bits per heavy atom. The highest BCUT2D eigenvalue weighted by molar-refractivity contribution is 5.82. The Hall–Kier alpha value is -1.14. The van der Waals surface area contributed by atoms with Gasteiger partial charge in [0.1, 0.15) is 0 Å². The first-order valence-corrected chi connectivity index (χ1v) is 6.78. The Kier molecular flexibility index (Phi) is 6.80. The van der Waals surface area contributed by atoms with Crippen LogP contribution in [0.15, 0.2) is 0 Å². The fraction of sp³-hybridized carbons (Fsp3) is 0.846. The minimum atomic E-state index is -0.977. The van der Waals surface area contributed by atoms with E-state index in [2.05, 4.69) is 5.48 Å². The minimum Gasteiger partial charge on any atom is -0.481 e. The normalized spacial score (nSPS) is 21.1. The SMILES string of the molecule is CC(C)C[C@H](CC(=O)O)C(=O)NOC1CCCCO1. The van der Waals surface area contributed by atoms with Crippen LogP contribution in [0.3, 0.4) is 0 Å². The standard InChI is InChI=1S/C13H23NO5/c1-9(2)7-10(8-11(15)16)13(17)14-19-12-5-3-4-6-18-12/h9-10,12H,3-8H2,1-2H3,(H,14,17)(H,15,16)/t10-,12?/m1/s1. The van der Waals surface area contributed by atoms with Gasteiger partial charge in [-0.15, -0.1) is 0 Å². The molecule has 1 aliphatic heterocycles. The van der Waals surface area contributed by atoms with Crippen molar-refractivity contribution < 1.29 is 24.3 Å². The second kappa shape index (κ2) is 8.12. The van der Waals surface area contributed by atoms with Crippen LogP contribution >= 0.6 is 0 Å². The molecule has 19 heavy (non-hydrogen) atoms. The topological polar surface area (TPSA) is 84.9 Å². The predicted octanol–water partition coefficient (Wildman–Crippen LogP) is 1.70. The van der Waals surface area contributed by atoms with E-state index in [1.54, 1.807) is 0 Å². The first-order chi connectivity index (χ1) is 8.99. The third-order valence-electron chi connectivity index (χ3n) is 2.98. The number of rotatable bonds is 7. The summed E-state index contributed by atoms with van der Waals surface area (Å²) in [7, 11) is 0. The van der Waals surface area contributed by atoms with Gasteiger partial charge in [-0.3, -0.25) is 9.59 Å². The van der Waals surface area contributed by atoms with Crippen LogP contribution in [0.4, 0.5) is 0 Å². The molecular weight excluding hydrogens is 250 g/mol. The van der Waals surface area contributed by atoms with Crippen LogP contribution in [0.1, 0.15) is 46.0 Å². The number of carbonyl (C=O) groups excluding carboxylic acids is 1. The van der Waals surface area contributed by atoms with E-state index in [0.29, 0.717) is 13.0 Å². The van der Waals surface area contributed by atoms with Gasteiger partial charge in [0, 0.05) is 13.0 Å². The van der Waals surface area contributed by atoms with E-state index < -0.39 is 18.2 Å². The van der Waals surface area contributed by atoms with Crippen molar-refractivity contribution in [2.24, 2.45) is 11.8 Å². The lowest BCUT2D eigenvalue weighted by atomic mass is 9.94. The van der Waals surface area contributed by atoms with Crippen molar-refractivity contribution in [2.45, 2.75) is 52.2 Å². The fourth-order valence-electron chi connectivity index (χ4n) is 2.07. The van der Waals surface area contributed by atoms with Gasteiger partial charge in [-0.2, -0.15) is 0 Å². The van der Waals surface area contributed by atoms with Crippen LogP contribution in [0.25, 0.3) is 0 Å². The van der Waals surface area contributed by atoms with E-state index in [1.807, 2.05) is 13.8 Å². The van der Waals surface area contributed by atoms with Gasteiger partial charge in [-0.1, -0.05) is 13.8 Å². The van der Waals surface area contributed by atoms with Crippen LogP contribution in [-0.2, 0) is 19.2 Å². The zero-order chi connectivity index (χ0) is 14.3. The molecule has 1 heterocycles. The molecule has 0 aromatic carbocycles. The van der Waals surface area contributed by atoms with Crippen molar-refractivity contribution >= 4 is 11.9 Å². The molecule has 2 atom stereocenters. The van der Waals surface area contributed by atoms with E-state index in [1.165, 1.54) is 0 Å². The Morgan fingerprint density at radius 1 is 1.42 bits per heavy atom. The molecule has 1 unspecified atom stereocenters. The van der Waals surface area contributed by atoms with Crippen molar-refractivity contribution in [1.29, 1.82) is 0 Å². The lowest BCUT2D eigenvalue weighted by molar-refractivity contribution is -0.202. The molecule has 1 amide bonds. The summed E-state index contributed by atoms with van der Waals surface area (Å²) < 4.78 is 5.32. The van der Waals surface area contributed by atoms with E-state index in [4.69, 9.17) is 14.7 Å². The lowest BCUT2D eigenvalue weighted by Crippen LogP contribution is -2.37. The average molecular weight is 273 g/mol. The van der Waals surface area contributed by atoms with Crippen molar-refractivity contribution in [3.63, 3.8) is 0 Å². The maximum atomic E-state index is 11.9. The van der Waals surface area contributed by atoms with Gasteiger partial charge in [0.05, 0.1) is 12.3 Å². The zero-order valence-corrected chi connectivity index (χ0v) is 11.6. The average Bonchev–Trinajstić information content (AvgIpc) is 2.35. The van der Waals surface area contributed by atoms with Crippen LogP contribution in [0.5, 0.6) is 0 Å². The minimum absolute atomic E-state index is 0.182. The molecule has 0 aliphatic carbocycles. The van der Waals surface area contributed by atoms with Crippen molar-refractivity contribution in [3.8, 4) is 0 Å². The molecule has 1 saturated heterocycles. The second-order valence-corrected chi connectivity index (χ2v) is 5.30. The zero-order valence-electron chi connectivity index (χ0n) is 11.6. The monoisotopic (exact) mass is 273 g/mol. The molecule has 1 rings (SSSR count). The number of hydrogen-bond donors (Lipinski definition) is 2. The molecule has 0 aromatic rings. The van der Waals surface area contributed by atoms with Crippen molar-refractivity contribution in [1.82, 2.24) is 5.48 Å². The highest BCUT2D eigenvalue weighted by atomic mass is 16.8. The van der Waals surface area contributed by atoms with Crippen LogP contribution in [0.2, 0.25) is 0 Å². The molecular formula is C13H23NO5. The number of amides is 1. The molecule has 110 valence electrons. The van der Waals surface area contributed by atoms with E-state index in [-0.39, 0.29) is 18.2 Å². The van der Waals surface area contributed by atoms with Gasteiger partial charge in [0.15, 0.2) is 6.29 Å². The summed E-state index contributed by atoms with van der Waals surface area (Å²) in [5, 5.41) is 8.82. The molecule has 0 aromatic heterocycles. The first kappa shape index (κ1) is 15.9. The maximum absolute atomic E-state index is 11.9. The van der Waals surface area contributed by atoms with E-state index in [9.17, 15) is 9.59 Å². The number of aliphatic carboxylic acids is 1. The van der Waals surface area contributed by atoms with Crippen LogP contribution in [-0.4, -0.2) is 29.9 Å². The van der Waals surface area contributed by atoms with Gasteiger partial charge >= 0.3 is 5.97 Å². The quantitative estimate of drug-likeness (QED) is 0.690. The highest BCUT2D eigenvalue weighted by Crippen LogP contribution is 2.17. The van der Waals surface area contributed by atoms with Crippen LogP contribution < -0.4 is 5.48 Å². The summed E-state index contributed by atoms with van der Waals surface area (Å²) in [6.07, 6.45) is 2.68. The van der Waals surface area contributed by atoms with Gasteiger partial charge in [-0.25, -0.2) is 10.3 Å². The summed E-state index contributed by atoms with van der Waals surface area (Å²) in [6, 6.07) is 0. The number of nitrogens with one attached hydrogen (secondary N) is 1. The summed E-state index contributed by atoms with van der Waals surface area (Å²) >= 11 is 0. The second-order valence-electron chi connectivity index (χ2n) is 5.30. The largest absolute Gasteiger partial charge is 0.481 e. The summed E-state index contributed by atoms with van der Waals surface area (Å²) in [4.78, 5) is 27.8. The Morgan fingerprint density at radius 2 is 2.16 bits per heavy atom. The summed E-state index contributed by atoms with van der Waals surface area (Å²) in [5.74, 6) is -1.68. The molecule has 6 nitrogen and oxygen atoms in total. The number of hydroxylamine groups is 1. The molecule has 6 heteroatoms. The fourth-order valence-corrected chi connectivity index (χ4v) is 2.07. The summed E-state index contributed by atoms with van der Waals surface area (Å²) in [5.41, 5.74) is 2.34. The molecule has 0 spiro atoms. The molecule has 0 bridgehead atoms. The Balaban J connectivity index is 2.39. The number of hydrogen-bond acceptors (Lipinski definition) is 4. The van der Waals surface area contributed by atoms with Crippen molar-refractivity contribution in [3.05, 3.63) is 0 Å². The van der Waals surface area contributed by atoms with Gasteiger partial charge < -0.3 is 9.84 Å². The molecule has 1 aliphatic rings. The first-order valence-electron chi connectivity index (χ1n) is 6.78. The Labute approximate surface area is 113 Å². The molecule has 0 saturated carbocycles. The predicted molar refractivity (Wildman–Crippen MR) is 68.0 cm³/mol. The third-order valence-corrected chi connectivity index (χ3v) is 2.98. The van der Waals surface area contributed by atoms with E-state index in [0.717, 1.165) is 19.3 Å². The number of carboxylic acid groups (broad SMARTS) is 1. The van der Waals surface area contributed by atoms with Gasteiger partial charge in [0.2, 0.25) is 5.91 Å². The highest BCUT2D eigenvalue weighted by Gasteiger charge is 2.24. The Bertz CT molecular complexity index is 299. The molecule has 0 radical (unpaired) electrons. The van der Waals surface area contributed by atoms with Gasteiger partial charge in [-0.05, 0) is 25.2 Å². The lowest BCUT2D eigenvalue weighted by Gasteiger charge is -2.23. The number of ether oxygens (including phenoxy) is 1. The van der Waals surface area contributed by atoms with Crippen molar-refractivity contribution in [2.75, 3.05) is 6.61 Å². The molecule has 2 N–H and O–H groups in total. The van der Waals surface area contributed by atoms with Gasteiger partial charge in [0.25, 0.3) is 0 Å². The summed E-state index contributed by atoms with van der Waals surface area (Å²) in [6.45, 7) is 4.53. The van der Waals surface area contributed by atoms with E-state index >= 15 is 0 Å². The van der Waals surface area contributed by atoms with Crippen LogP contribution in [0, 0.1) is 11.8 Å². The molecule has 1 fully saturated rings. The third kappa shape index (κ3) is 6.54. The maximum Gasteiger partial charge on any atom is 0.304 e. The smallest absolute Gasteiger partial charge is 0.304 e.